The molecule has 112 valence electrons. The molecule has 2 amide bonds. The molecule has 22 heavy (non-hydrogen) atoms. The third kappa shape index (κ3) is 3.29. The molecule has 0 aliphatic carbocycles. The minimum atomic E-state index is -0.281. The van der Waals surface area contributed by atoms with E-state index < -0.39 is 0 Å². The second-order valence-corrected chi connectivity index (χ2v) is 6.97. The van der Waals surface area contributed by atoms with Crippen molar-refractivity contribution in [1.29, 1.82) is 0 Å². The zero-order valence-electron chi connectivity index (χ0n) is 11.2. The number of nitrogens with one attached hydrogen (secondary N) is 2. The summed E-state index contributed by atoms with van der Waals surface area (Å²) in [6, 6.07) is 10.5. The highest BCUT2D eigenvalue weighted by Crippen LogP contribution is 2.32. The maximum atomic E-state index is 12.3. The molecule has 0 spiro atoms. The maximum Gasteiger partial charge on any atom is 0.255 e. The van der Waals surface area contributed by atoms with Crippen molar-refractivity contribution in [3.05, 3.63) is 51.5 Å². The number of hydrogen-bond donors (Lipinski definition) is 2. The van der Waals surface area contributed by atoms with Gasteiger partial charge in [-0.3, -0.25) is 9.59 Å². The Hall–Kier alpha value is -1.50. The highest BCUT2D eigenvalue weighted by Gasteiger charge is 2.17. The molecule has 1 aliphatic rings. The molecule has 7 heteroatoms. The minimum absolute atomic E-state index is 0.0639. The number of carbonyl (C=O) groups excluding carboxylic acids is 2. The summed E-state index contributed by atoms with van der Waals surface area (Å²) < 4.78 is 0.837. The fourth-order valence-electron chi connectivity index (χ4n) is 2.01. The molecular weight excluding hydrogens is 388 g/mol. The smallest absolute Gasteiger partial charge is 0.255 e. The highest BCUT2D eigenvalue weighted by molar-refractivity contribution is 9.10. The summed E-state index contributed by atoms with van der Waals surface area (Å²) >= 11 is 10.9. The Labute approximate surface area is 144 Å². The van der Waals surface area contributed by atoms with Crippen LogP contribution in [0.2, 0.25) is 5.02 Å². The normalized spacial score (nSPS) is 13.3. The summed E-state index contributed by atoms with van der Waals surface area (Å²) in [5.41, 5.74) is 1.65. The van der Waals surface area contributed by atoms with E-state index in [1.165, 1.54) is 11.8 Å². The molecular formula is C15H10BrClN2O2S. The van der Waals surface area contributed by atoms with Gasteiger partial charge in [0.15, 0.2) is 0 Å². The summed E-state index contributed by atoms with van der Waals surface area (Å²) in [6.07, 6.45) is 0. The van der Waals surface area contributed by atoms with Gasteiger partial charge in [0, 0.05) is 14.9 Å². The lowest BCUT2D eigenvalue weighted by Crippen LogP contribution is -2.20. The Balaban J connectivity index is 1.83. The van der Waals surface area contributed by atoms with Gasteiger partial charge in [0.25, 0.3) is 5.91 Å². The molecule has 0 saturated heterocycles. The highest BCUT2D eigenvalue weighted by atomic mass is 79.9. The Bertz CT molecular complexity index is 782. The van der Waals surface area contributed by atoms with Crippen LogP contribution in [-0.2, 0) is 4.79 Å². The van der Waals surface area contributed by atoms with Crippen molar-refractivity contribution in [2.45, 2.75) is 4.90 Å². The van der Waals surface area contributed by atoms with E-state index in [1.807, 2.05) is 6.07 Å². The van der Waals surface area contributed by atoms with Gasteiger partial charge in [0.05, 0.1) is 22.2 Å². The fourth-order valence-corrected chi connectivity index (χ4v) is 3.52. The monoisotopic (exact) mass is 396 g/mol. The Kier molecular flexibility index (Phi) is 4.42. The van der Waals surface area contributed by atoms with Gasteiger partial charge in [-0.25, -0.2) is 0 Å². The van der Waals surface area contributed by atoms with Gasteiger partial charge in [-0.2, -0.15) is 0 Å². The molecule has 2 aromatic carbocycles. The first kappa shape index (κ1) is 15.4. The molecule has 2 N–H and O–H groups in total. The van der Waals surface area contributed by atoms with Gasteiger partial charge in [-0.1, -0.05) is 27.5 Å². The van der Waals surface area contributed by atoms with Gasteiger partial charge in [0.2, 0.25) is 5.91 Å². The van der Waals surface area contributed by atoms with Crippen LogP contribution in [0.3, 0.4) is 0 Å². The number of rotatable bonds is 2. The summed E-state index contributed by atoms with van der Waals surface area (Å²) in [6.45, 7) is 0. The number of anilines is 2. The van der Waals surface area contributed by atoms with E-state index in [-0.39, 0.29) is 11.8 Å². The van der Waals surface area contributed by atoms with Crippen LogP contribution in [0.4, 0.5) is 11.4 Å². The molecule has 3 rings (SSSR count). The molecule has 0 bridgehead atoms. The van der Waals surface area contributed by atoms with Crippen LogP contribution >= 0.6 is 39.3 Å². The van der Waals surface area contributed by atoms with E-state index in [0.717, 1.165) is 9.37 Å². The molecule has 1 aliphatic heterocycles. The lowest BCUT2D eigenvalue weighted by atomic mass is 10.1. The second kappa shape index (κ2) is 6.32. The topological polar surface area (TPSA) is 58.2 Å². The average molecular weight is 398 g/mol. The van der Waals surface area contributed by atoms with Gasteiger partial charge in [-0.05, 0) is 36.4 Å². The van der Waals surface area contributed by atoms with Crippen molar-refractivity contribution < 1.29 is 9.59 Å². The van der Waals surface area contributed by atoms with Crippen LogP contribution in [0.1, 0.15) is 10.4 Å². The first-order valence-corrected chi connectivity index (χ1v) is 8.52. The van der Waals surface area contributed by atoms with Crippen LogP contribution in [0, 0.1) is 0 Å². The third-order valence-electron chi connectivity index (χ3n) is 3.05. The molecule has 0 radical (unpaired) electrons. The summed E-state index contributed by atoms with van der Waals surface area (Å²) in [4.78, 5) is 24.7. The zero-order valence-corrected chi connectivity index (χ0v) is 14.3. The van der Waals surface area contributed by atoms with Crippen LogP contribution in [0.25, 0.3) is 0 Å². The molecule has 1 heterocycles. The number of carbonyl (C=O) groups is 2. The van der Waals surface area contributed by atoms with Crippen LogP contribution in [0.15, 0.2) is 45.8 Å². The lowest BCUT2D eigenvalue weighted by Gasteiger charge is -2.17. The predicted molar refractivity (Wildman–Crippen MR) is 92.9 cm³/mol. The number of hydrogen-bond acceptors (Lipinski definition) is 3. The van der Waals surface area contributed by atoms with Gasteiger partial charge in [0.1, 0.15) is 0 Å². The first-order valence-electron chi connectivity index (χ1n) is 6.36. The van der Waals surface area contributed by atoms with Crippen molar-refractivity contribution in [1.82, 2.24) is 0 Å². The number of thioether (sulfide) groups is 1. The number of benzene rings is 2. The van der Waals surface area contributed by atoms with E-state index >= 15 is 0 Å². The fraction of sp³-hybridized carbons (Fsp3) is 0.0667. The van der Waals surface area contributed by atoms with Crippen molar-refractivity contribution in [3.63, 3.8) is 0 Å². The third-order valence-corrected chi connectivity index (χ3v) is 4.93. The van der Waals surface area contributed by atoms with Gasteiger partial charge >= 0.3 is 0 Å². The number of fused-ring (bicyclic) bond motifs is 1. The van der Waals surface area contributed by atoms with Crippen molar-refractivity contribution in [3.8, 4) is 0 Å². The SMILES string of the molecule is O=C1CSc2ccc(C(=O)Nc3ccc(Br)cc3Cl)cc2N1. The Morgan fingerprint density at radius 2 is 2.09 bits per heavy atom. The lowest BCUT2D eigenvalue weighted by molar-refractivity contribution is -0.113. The van der Waals surface area contributed by atoms with Crippen molar-refractivity contribution in [2.24, 2.45) is 0 Å². The van der Waals surface area contributed by atoms with Crippen LogP contribution < -0.4 is 10.6 Å². The van der Waals surface area contributed by atoms with E-state index in [4.69, 9.17) is 11.6 Å². The molecule has 2 aromatic rings. The van der Waals surface area contributed by atoms with Gasteiger partial charge in [-0.15, -0.1) is 11.8 Å². The molecule has 0 saturated carbocycles. The van der Waals surface area contributed by atoms with Crippen molar-refractivity contribution >= 4 is 62.5 Å². The zero-order chi connectivity index (χ0) is 15.7. The molecule has 0 fully saturated rings. The molecule has 0 atom stereocenters. The van der Waals surface area contributed by atoms with E-state index in [9.17, 15) is 9.59 Å². The maximum absolute atomic E-state index is 12.3. The molecule has 4 nitrogen and oxygen atoms in total. The van der Waals surface area contributed by atoms with E-state index in [2.05, 4.69) is 26.6 Å². The Morgan fingerprint density at radius 1 is 1.27 bits per heavy atom. The minimum Gasteiger partial charge on any atom is -0.324 e. The number of amides is 2. The van der Waals surface area contributed by atoms with E-state index in [1.54, 1.807) is 30.3 Å². The van der Waals surface area contributed by atoms with Gasteiger partial charge < -0.3 is 10.6 Å². The summed E-state index contributed by atoms with van der Waals surface area (Å²) in [7, 11) is 0. The predicted octanol–water partition coefficient (Wildman–Crippen LogP) is 4.40. The van der Waals surface area contributed by atoms with Crippen LogP contribution in [0.5, 0.6) is 0 Å². The average Bonchev–Trinajstić information content (AvgIpc) is 2.49. The summed E-state index contributed by atoms with van der Waals surface area (Å²) in [5, 5.41) is 5.97. The Morgan fingerprint density at radius 3 is 2.86 bits per heavy atom. The largest absolute Gasteiger partial charge is 0.324 e. The molecule has 0 aromatic heterocycles. The number of halogens is 2. The van der Waals surface area contributed by atoms with Crippen molar-refractivity contribution in [2.75, 3.05) is 16.4 Å². The summed E-state index contributed by atoms with van der Waals surface area (Å²) in [5.74, 6) is 0.0513. The quantitative estimate of drug-likeness (QED) is 0.790. The second-order valence-electron chi connectivity index (χ2n) is 4.63. The van der Waals surface area contributed by atoms with E-state index in [0.29, 0.717) is 27.7 Å². The standard InChI is InChI=1S/C15H10BrClN2O2S/c16-9-2-3-11(10(17)6-9)19-15(21)8-1-4-13-12(5-8)18-14(20)7-22-13/h1-6H,7H2,(H,18,20)(H,19,21). The van der Waals surface area contributed by atoms with Crippen LogP contribution in [-0.4, -0.2) is 17.6 Å². The first-order chi connectivity index (χ1) is 10.5. The molecule has 0 unspecified atom stereocenters.